The third kappa shape index (κ3) is 6.19. The van der Waals surface area contributed by atoms with Crippen molar-refractivity contribution >= 4 is 18.6 Å². The largest absolute Gasteiger partial charge is 0.585 e. The van der Waals surface area contributed by atoms with E-state index >= 15 is 0 Å². The van der Waals surface area contributed by atoms with E-state index in [0.29, 0.717) is 24.7 Å². The number of hydrogen-bond acceptors (Lipinski definition) is 4. The molecule has 0 fully saturated rings. The average Bonchev–Trinajstić information content (AvgIpc) is 2.14. The molecule has 2 unspecified atom stereocenters. The minimum Gasteiger partial charge on any atom is -0.295 e. The van der Waals surface area contributed by atoms with Crippen molar-refractivity contribution in [2.45, 2.75) is 59.7 Å². The maximum atomic E-state index is 11.4. The van der Waals surface area contributed by atoms with Gasteiger partial charge in [0.2, 0.25) is 0 Å². The zero-order valence-corrected chi connectivity index (χ0v) is 13.0. The molecular formula is C11H25NO2PS+. The Morgan fingerprint density at radius 3 is 2.06 bits per heavy atom. The van der Waals surface area contributed by atoms with Gasteiger partial charge in [0, 0.05) is 18.1 Å². The Kier molecular flexibility index (Phi) is 8.65. The highest BCUT2D eigenvalue weighted by Gasteiger charge is 2.26. The standard InChI is InChI=1S/C11H25NO2PS/c1-7-14-15(13)16-8-11(6)12(9(2)3)10(4)5/h9-11H,7-8H2,1-6H3/q+1. The molecule has 2 atom stereocenters. The Morgan fingerprint density at radius 2 is 1.69 bits per heavy atom. The third-order valence-electron chi connectivity index (χ3n) is 2.36. The Hall–Kier alpha value is 0.370. The summed E-state index contributed by atoms with van der Waals surface area (Å²) >= 11 is 1.42. The van der Waals surface area contributed by atoms with E-state index in [1.54, 1.807) is 0 Å². The highest BCUT2D eigenvalue weighted by atomic mass is 32.7. The van der Waals surface area contributed by atoms with Crippen LogP contribution in [0.2, 0.25) is 0 Å². The smallest absolute Gasteiger partial charge is 0.295 e. The molecular weight excluding hydrogens is 241 g/mol. The van der Waals surface area contributed by atoms with Gasteiger partial charge >= 0.3 is 7.23 Å². The minimum atomic E-state index is -1.54. The first-order valence-corrected chi connectivity index (χ1v) is 8.67. The second kappa shape index (κ2) is 8.46. The first-order valence-electron chi connectivity index (χ1n) is 5.90. The highest BCUT2D eigenvalue weighted by Crippen LogP contribution is 2.39. The second-order valence-electron chi connectivity index (χ2n) is 4.42. The van der Waals surface area contributed by atoms with Crippen LogP contribution in [-0.4, -0.2) is 35.4 Å². The van der Waals surface area contributed by atoms with E-state index in [-0.39, 0.29) is 0 Å². The van der Waals surface area contributed by atoms with E-state index < -0.39 is 7.23 Å². The van der Waals surface area contributed by atoms with E-state index in [2.05, 4.69) is 39.5 Å². The molecule has 0 saturated heterocycles. The fourth-order valence-corrected chi connectivity index (χ4v) is 4.36. The van der Waals surface area contributed by atoms with Crippen LogP contribution in [0.15, 0.2) is 0 Å². The van der Waals surface area contributed by atoms with Crippen LogP contribution < -0.4 is 0 Å². The molecule has 0 aliphatic carbocycles. The average molecular weight is 266 g/mol. The zero-order chi connectivity index (χ0) is 12.7. The monoisotopic (exact) mass is 266 g/mol. The summed E-state index contributed by atoms with van der Waals surface area (Å²) in [5.74, 6) is 0.853. The summed E-state index contributed by atoms with van der Waals surface area (Å²) in [5.41, 5.74) is 0. The summed E-state index contributed by atoms with van der Waals surface area (Å²) in [6.07, 6.45) is 0. The van der Waals surface area contributed by atoms with Crippen molar-refractivity contribution in [3.05, 3.63) is 0 Å². The molecule has 0 spiro atoms. The van der Waals surface area contributed by atoms with Gasteiger partial charge in [-0.15, -0.1) is 4.52 Å². The van der Waals surface area contributed by atoms with Crippen molar-refractivity contribution in [3.63, 3.8) is 0 Å². The molecule has 96 valence electrons. The van der Waals surface area contributed by atoms with E-state index in [1.165, 1.54) is 11.4 Å². The number of hydrogen-bond donors (Lipinski definition) is 0. The van der Waals surface area contributed by atoms with Gasteiger partial charge in [0.05, 0.1) is 5.75 Å². The van der Waals surface area contributed by atoms with Gasteiger partial charge in [-0.05, 0) is 46.1 Å². The summed E-state index contributed by atoms with van der Waals surface area (Å²) in [6.45, 7) is 13.4. The molecule has 5 heteroatoms. The predicted octanol–water partition coefficient (Wildman–Crippen LogP) is 3.92. The minimum absolute atomic E-state index is 0.421. The lowest BCUT2D eigenvalue weighted by Crippen LogP contribution is -2.44. The van der Waals surface area contributed by atoms with Gasteiger partial charge in [0.25, 0.3) is 0 Å². The maximum absolute atomic E-state index is 11.4. The highest BCUT2D eigenvalue weighted by molar-refractivity contribution is 8.50. The molecule has 0 bridgehead atoms. The van der Waals surface area contributed by atoms with Crippen molar-refractivity contribution in [1.29, 1.82) is 0 Å². The van der Waals surface area contributed by atoms with Gasteiger partial charge in [-0.1, -0.05) is 0 Å². The van der Waals surface area contributed by atoms with Gasteiger partial charge in [-0.2, -0.15) is 0 Å². The van der Waals surface area contributed by atoms with Crippen LogP contribution in [0, 0.1) is 0 Å². The quantitative estimate of drug-likeness (QED) is 0.623. The number of nitrogens with zero attached hydrogens (tertiary/aromatic N) is 1. The maximum Gasteiger partial charge on any atom is 0.585 e. The zero-order valence-electron chi connectivity index (χ0n) is 11.3. The lowest BCUT2D eigenvalue weighted by molar-refractivity contribution is 0.135. The van der Waals surface area contributed by atoms with Crippen LogP contribution in [0.1, 0.15) is 41.5 Å². The van der Waals surface area contributed by atoms with Gasteiger partial charge in [-0.25, -0.2) is 0 Å². The summed E-state index contributed by atoms with van der Waals surface area (Å²) in [6, 6.07) is 1.45. The van der Waals surface area contributed by atoms with Crippen molar-refractivity contribution in [3.8, 4) is 0 Å². The lowest BCUT2D eigenvalue weighted by atomic mass is 10.2. The fraction of sp³-hybridized carbons (Fsp3) is 1.00. The molecule has 16 heavy (non-hydrogen) atoms. The molecule has 3 nitrogen and oxygen atoms in total. The number of rotatable bonds is 8. The van der Waals surface area contributed by atoms with E-state index in [4.69, 9.17) is 4.52 Å². The third-order valence-corrected chi connectivity index (χ3v) is 5.06. The molecule has 0 aliphatic heterocycles. The Bertz CT molecular complexity index is 204. The summed E-state index contributed by atoms with van der Waals surface area (Å²) < 4.78 is 16.4. The first-order chi connectivity index (χ1) is 7.40. The van der Waals surface area contributed by atoms with Crippen molar-refractivity contribution in [2.24, 2.45) is 0 Å². The van der Waals surface area contributed by atoms with E-state index in [1.807, 2.05) is 6.92 Å². The Morgan fingerprint density at radius 1 is 1.19 bits per heavy atom. The van der Waals surface area contributed by atoms with Crippen molar-refractivity contribution in [2.75, 3.05) is 12.4 Å². The molecule has 0 rings (SSSR count). The Labute approximate surface area is 105 Å². The van der Waals surface area contributed by atoms with Gasteiger partial charge in [0.1, 0.15) is 6.61 Å². The van der Waals surface area contributed by atoms with Crippen LogP contribution in [-0.2, 0) is 9.09 Å². The first kappa shape index (κ1) is 16.4. The molecule has 0 radical (unpaired) electrons. The molecule has 0 N–H and O–H groups in total. The predicted molar refractivity (Wildman–Crippen MR) is 73.3 cm³/mol. The van der Waals surface area contributed by atoms with E-state index in [9.17, 15) is 4.57 Å². The summed E-state index contributed by atoms with van der Waals surface area (Å²) in [5, 5.41) is 0. The fourth-order valence-electron chi connectivity index (χ4n) is 2.01. The van der Waals surface area contributed by atoms with Crippen LogP contribution in [0.4, 0.5) is 0 Å². The van der Waals surface area contributed by atoms with Crippen LogP contribution >= 0.6 is 18.6 Å². The summed E-state index contributed by atoms with van der Waals surface area (Å²) in [7, 11) is -1.54. The lowest BCUT2D eigenvalue weighted by Gasteiger charge is -2.35. The molecule has 0 aromatic carbocycles. The van der Waals surface area contributed by atoms with Crippen molar-refractivity contribution in [1.82, 2.24) is 4.90 Å². The van der Waals surface area contributed by atoms with Crippen LogP contribution in [0.25, 0.3) is 0 Å². The molecule has 0 amide bonds. The second-order valence-corrected chi connectivity index (χ2v) is 7.39. The SMILES string of the molecule is CCO[P+](=O)SCC(C)N(C(C)C)C(C)C. The topological polar surface area (TPSA) is 29.5 Å². The van der Waals surface area contributed by atoms with Crippen molar-refractivity contribution < 1.29 is 9.09 Å². The molecule has 0 saturated carbocycles. The van der Waals surface area contributed by atoms with Crippen LogP contribution in [0.5, 0.6) is 0 Å². The van der Waals surface area contributed by atoms with Gasteiger partial charge in [-0.3, -0.25) is 4.90 Å². The molecule has 0 aromatic rings. The van der Waals surface area contributed by atoms with Gasteiger partial charge < -0.3 is 0 Å². The normalized spacial score (nSPS) is 14.9. The molecule has 0 aliphatic rings. The molecule has 0 aromatic heterocycles. The van der Waals surface area contributed by atoms with E-state index in [0.717, 1.165) is 5.75 Å². The summed E-state index contributed by atoms with van der Waals surface area (Å²) in [4.78, 5) is 2.43. The molecule has 0 heterocycles. The van der Waals surface area contributed by atoms with Crippen LogP contribution in [0.3, 0.4) is 0 Å². The Balaban J connectivity index is 4.11. The van der Waals surface area contributed by atoms with Gasteiger partial charge in [0.15, 0.2) is 11.4 Å².